The van der Waals surface area contributed by atoms with E-state index in [1.165, 1.54) is 55.1 Å². The molecule has 320 valence electrons. The summed E-state index contributed by atoms with van der Waals surface area (Å²) in [5, 5.41) is 18.1. The molecule has 0 spiro atoms. The lowest BCUT2D eigenvalue weighted by atomic mass is 9.99. The van der Waals surface area contributed by atoms with Gasteiger partial charge in [0.05, 0.1) is 34.0 Å². The molecule has 7 rings (SSSR count). The number of unbranched alkanes of at least 4 members (excludes halogenated alkanes) is 3. The van der Waals surface area contributed by atoms with E-state index in [0.29, 0.717) is 62.3 Å². The van der Waals surface area contributed by atoms with E-state index in [1.54, 1.807) is 0 Å². The summed E-state index contributed by atoms with van der Waals surface area (Å²) in [7, 11) is 0. The fourth-order valence-corrected chi connectivity index (χ4v) is 8.39. The van der Waals surface area contributed by atoms with Gasteiger partial charge in [-0.05, 0) is 111 Å². The molecule has 0 unspecified atom stereocenters. The highest BCUT2D eigenvalue weighted by atomic mass is 32.1. The van der Waals surface area contributed by atoms with Crippen molar-refractivity contribution in [2.24, 2.45) is 0 Å². The van der Waals surface area contributed by atoms with E-state index in [1.807, 2.05) is 24.3 Å². The molecule has 5 aromatic rings. The Morgan fingerprint density at radius 3 is 2.35 bits per heavy atom. The molecule has 4 amide bonds. The van der Waals surface area contributed by atoms with Gasteiger partial charge < -0.3 is 25.8 Å². The van der Waals surface area contributed by atoms with Gasteiger partial charge in [0.15, 0.2) is 5.11 Å². The van der Waals surface area contributed by atoms with Crippen LogP contribution in [0.4, 0.5) is 33.3 Å². The van der Waals surface area contributed by atoms with Crippen LogP contribution in [0.25, 0.3) is 22.2 Å². The largest absolute Gasteiger partial charge is 0.417 e. The maximum absolute atomic E-state index is 15.4. The van der Waals surface area contributed by atoms with E-state index in [2.05, 4.69) is 20.9 Å². The van der Waals surface area contributed by atoms with Gasteiger partial charge in [0.25, 0.3) is 17.7 Å². The predicted octanol–water partition coefficient (Wildman–Crippen LogP) is 8.20. The van der Waals surface area contributed by atoms with Crippen LogP contribution in [-0.4, -0.2) is 52.4 Å². The Kier molecular flexibility index (Phi) is 12.2. The SMILES string of the molecule is CC1(C)C(=O)N(c2ccc(C#N)c(C(F)(F)F)c2)C(=S)N1c1ccc(C(=O)NCCCCCCC(=O)NCc2ccc(-c3[nH]c4cc(F)cc5c4c3CCNC5=O)cc2)c(F)c1. The average molecular weight is 870 g/mol. The maximum Gasteiger partial charge on any atom is 0.417 e. The number of nitrogens with one attached hydrogen (secondary N) is 4. The minimum Gasteiger partial charge on any atom is -0.354 e. The van der Waals surface area contributed by atoms with Crippen LogP contribution in [0.2, 0.25) is 0 Å². The topological polar surface area (TPSA) is 150 Å². The zero-order valence-corrected chi connectivity index (χ0v) is 34.4. The lowest BCUT2D eigenvalue weighted by Gasteiger charge is -2.29. The molecule has 0 aliphatic carbocycles. The number of alkyl halides is 3. The van der Waals surface area contributed by atoms with Crippen LogP contribution in [0.3, 0.4) is 0 Å². The van der Waals surface area contributed by atoms with Crippen molar-refractivity contribution in [3.8, 4) is 17.3 Å². The van der Waals surface area contributed by atoms with Gasteiger partial charge in [-0.25, -0.2) is 8.78 Å². The lowest BCUT2D eigenvalue weighted by molar-refractivity contribution is -0.137. The smallest absolute Gasteiger partial charge is 0.354 e. The van der Waals surface area contributed by atoms with Gasteiger partial charge in [0.2, 0.25) is 5.91 Å². The first-order chi connectivity index (χ1) is 29.5. The average Bonchev–Trinajstić information content (AvgIpc) is 3.60. The number of nitriles is 1. The Morgan fingerprint density at radius 2 is 1.65 bits per heavy atom. The number of nitrogens with zero attached hydrogens (tertiary/aromatic N) is 3. The van der Waals surface area contributed by atoms with Gasteiger partial charge in [0, 0.05) is 48.3 Å². The highest BCUT2D eigenvalue weighted by molar-refractivity contribution is 7.81. The zero-order chi connectivity index (χ0) is 44.5. The Hall–Kier alpha value is -6.67. The monoisotopic (exact) mass is 869 g/mol. The van der Waals surface area contributed by atoms with Crippen molar-refractivity contribution in [3.63, 3.8) is 0 Å². The number of rotatable bonds is 13. The maximum atomic E-state index is 15.4. The van der Waals surface area contributed by atoms with Crippen molar-refractivity contribution in [1.82, 2.24) is 20.9 Å². The van der Waals surface area contributed by atoms with Crippen molar-refractivity contribution in [3.05, 3.63) is 118 Å². The van der Waals surface area contributed by atoms with Crippen molar-refractivity contribution < 1.29 is 41.1 Å². The van der Waals surface area contributed by atoms with Crippen LogP contribution in [0.15, 0.2) is 72.8 Å². The molecule has 0 saturated carbocycles. The Labute approximate surface area is 358 Å². The van der Waals surface area contributed by atoms with Gasteiger partial charge >= 0.3 is 6.18 Å². The molecule has 2 aliphatic heterocycles. The number of amides is 4. The number of aromatic nitrogens is 1. The van der Waals surface area contributed by atoms with Crippen molar-refractivity contribution in [2.75, 3.05) is 22.9 Å². The Bertz CT molecular complexity index is 2670. The highest BCUT2D eigenvalue weighted by Crippen LogP contribution is 2.40. The highest BCUT2D eigenvalue weighted by Gasteiger charge is 2.51. The normalized spacial score (nSPS) is 14.8. The van der Waals surface area contributed by atoms with Crippen LogP contribution >= 0.6 is 12.2 Å². The number of carbonyl (C=O) groups is 4. The molecule has 17 heteroatoms. The number of hydrogen-bond acceptors (Lipinski definition) is 6. The minimum absolute atomic E-state index is 0.106. The quantitative estimate of drug-likeness (QED) is 0.0530. The molecular formula is C45H40F5N7O4S. The number of aromatic amines is 1. The number of anilines is 2. The van der Waals surface area contributed by atoms with E-state index in [-0.39, 0.29) is 40.4 Å². The summed E-state index contributed by atoms with van der Waals surface area (Å²) in [5.41, 5.74) is 0.768. The summed E-state index contributed by atoms with van der Waals surface area (Å²) >= 11 is 5.51. The summed E-state index contributed by atoms with van der Waals surface area (Å²) in [6.07, 6.45) is -1.32. The number of thiocarbonyl (C=S) groups is 1. The van der Waals surface area contributed by atoms with Crippen LogP contribution in [-0.2, 0) is 28.7 Å². The number of benzene rings is 4. The van der Waals surface area contributed by atoms with E-state index >= 15 is 4.39 Å². The molecule has 4 aromatic carbocycles. The molecular weight excluding hydrogens is 830 g/mol. The van der Waals surface area contributed by atoms with Gasteiger partial charge in [-0.2, -0.15) is 18.4 Å². The molecule has 11 nitrogen and oxygen atoms in total. The molecule has 4 N–H and O–H groups in total. The minimum atomic E-state index is -4.87. The van der Waals surface area contributed by atoms with Crippen LogP contribution < -0.4 is 25.8 Å². The summed E-state index contributed by atoms with van der Waals surface area (Å²) in [6.45, 7) is 3.99. The number of carbonyl (C=O) groups excluding carboxylic acids is 4. The summed E-state index contributed by atoms with van der Waals surface area (Å²) in [5.74, 6) is -3.14. The van der Waals surface area contributed by atoms with Crippen molar-refractivity contribution in [2.45, 2.75) is 70.6 Å². The van der Waals surface area contributed by atoms with Crippen LogP contribution in [0, 0.1) is 23.0 Å². The lowest BCUT2D eigenvalue weighted by Crippen LogP contribution is -2.44. The predicted molar refractivity (Wildman–Crippen MR) is 226 cm³/mol. The first-order valence-electron chi connectivity index (χ1n) is 19.9. The fourth-order valence-electron chi connectivity index (χ4n) is 7.86. The second kappa shape index (κ2) is 17.4. The number of H-pyrrole nitrogens is 1. The zero-order valence-electron chi connectivity index (χ0n) is 33.6. The van der Waals surface area contributed by atoms with E-state index < -0.39 is 46.3 Å². The first kappa shape index (κ1) is 43.4. The standard InChI is InChI=1S/C45H40F5N7O4S/c1-44(2)42(61)56(29-13-12-27(23-51)34(21-29)45(48,49)50)43(62)57(44)30-14-15-31(35(47)22-30)40(59)52-17-6-4-3-5-7-37(58)54-24-25-8-10-26(11-9-25)39-32-16-18-53-41(60)33-19-28(46)20-36(55-39)38(32)33/h8-15,19-22,55H,3-7,16-18,24H2,1-2H3,(H,52,59)(H,53,60)(H,54,58). The molecule has 2 aliphatic rings. The molecule has 3 heterocycles. The van der Waals surface area contributed by atoms with Gasteiger partial charge in [-0.3, -0.25) is 24.1 Å². The Morgan fingerprint density at radius 1 is 0.919 bits per heavy atom. The number of halogens is 5. The van der Waals surface area contributed by atoms with Gasteiger partial charge in [-0.15, -0.1) is 0 Å². The summed E-state index contributed by atoms with van der Waals surface area (Å²) in [6, 6.07) is 18.3. The summed E-state index contributed by atoms with van der Waals surface area (Å²) < 4.78 is 70.7. The van der Waals surface area contributed by atoms with E-state index in [4.69, 9.17) is 17.5 Å². The third kappa shape index (κ3) is 8.60. The molecule has 1 fully saturated rings. The van der Waals surface area contributed by atoms with Crippen molar-refractivity contribution in [1.29, 1.82) is 5.26 Å². The fraction of sp³-hybridized carbons (Fsp3) is 0.289. The van der Waals surface area contributed by atoms with Gasteiger partial charge in [0.1, 0.15) is 17.2 Å². The summed E-state index contributed by atoms with van der Waals surface area (Å²) in [4.78, 5) is 56.9. The second-order valence-electron chi connectivity index (χ2n) is 15.6. The molecule has 0 bridgehead atoms. The molecule has 0 radical (unpaired) electrons. The molecule has 62 heavy (non-hydrogen) atoms. The van der Waals surface area contributed by atoms with Crippen molar-refractivity contribution >= 4 is 63.2 Å². The third-order valence-corrected chi connectivity index (χ3v) is 11.4. The van der Waals surface area contributed by atoms with E-state index in [0.717, 1.165) is 51.2 Å². The second-order valence-corrected chi connectivity index (χ2v) is 15.9. The molecule has 1 saturated heterocycles. The van der Waals surface area contributed by atoms with Gasteiger partial charge in [-0.1, -0.05) is 37.1 Å². The van der Waals surface area contributed by atoms with Crippen LogP contribution in [0.5, 0.6) is 0 Å². The first-order valence-corrected chi connectivity index (χ1v) is 20.3. The Balaban J connectivity index is 0.849. The molecule has 1 aromatic heterocycles. The third-order valence-electron chi connectivity index (χ3n) is 11.0. The number of hydrogen-bond donors (Lipinski definition) is 4. The molecule has 0 atom stereocenters. The van der Waals surface area contributed by atoms with Crippen LogP contribution in [0.1, 0.15) is 88.9 Å². The van der Waals surface area contributed by atoms with E-state index in [9.17, 15) is 36.7 Å².